The molecule has 0 atom stereocenters. The van der Waals surface area contributed by atoms with Gasteiger partial charge in [0.2, 0.25) is 11.8 Å². The summed E-state index contributed by atoms with van der Waals surface area (Å²) in [4.78, 5) is 25.1. The van der Waals surface area contributed by atoms with Crippen LogP contribution in [-0.4, -0.2) is 18.4 Å². The molecule has 0 aromatic heterocycles. The summed E-state index contributed by atoms with van der Waals surface area (Å²) >= 11 is 3.34. The number of rotatable bonds is 4. The van der Waals surface area contributed by atoms with Crippen molar-refractivity contribution >= 4 is 39.1 Å². The second kappa shape index (κ2) is 7.17. The van der Waals surface area contributed by atoms with Gasteiger partial charge in [0.25, 0.3) is 0 Å². The Hall–Kier alpha value is -2.21. The summed E-state index contributed by atoms with van der Waals surface area (Å²) in [7, 11) is 0. The second-order valence-corrected chi connectivity index (χ2v) is 5.46. The van der Waals surface area contributed by atoms with Gasteiger partial charge in [0.15, 0.2) is 0 Å². The number of anilines is 2. The van der Waals surface area contributed by atoms with Crippen molar-refractivity contribution in [3.63, 3.8) is 0 Å². The molecule has 0 unspecified atom stereocenters. The van der Waals surface area contributed by atoms with Gasteiger partial charge in [-0.3, -0.25) is 9.59 Å². The smallest absolute Gasteiger partial charge is 0.244 e. The normalized spacial score (nSPS) is 10.1. The summed E-state index contributed by atoms with van der Waals surface area (Å²) in [6.07, 6.45) is 0. The SMILES string of the molecule is CC(=O)N(CC(=O)Nc1ccccc1Br)c1ccc(F)cc1. The van der Waals surface area contributed by atoms with Crippen molar-refractivity contribution in [3.05, 3.63) is 58.8 Å². The predicted octanol–water partition coefficient (Wildman–Crippen LogP) is 3.58. The second-order valence-electron chi connectivity index (χ2n) is 4.61. The number of hydrogen-bond acceptors (Lipinski definition) is 2. The van der Waals surface area contributed by atoms with Crippen molar-refractivity contribution in [2.24, 2.45) is 0 Å². The number of carbonyl (C=O) groups excluding carboxylic acids is 2. The third kappa shape index (κ3) is 4.14. The van der Waals surface area contributed by atoms with E-state index in [0.29, 0.717) is 11.4 Å². The Morgan fingerprint density at radius 1 is 1.14 bits per heavy atom. The Morgan fingerprint density at radius 2 is 1.77 bits per heavy atom. The quantitative estimate of drug-likeness (QED) is 0.901. The minimum atomic E-state index is -0.398. The number of hydrogen-bond donors (Lipinski definition) is 1. The van der Waals surface area contributed by atoms with E-state index in [1.54, 1.807) is 18.2 Å². The molecule has 0 saturated heterocycles. The lowest BCUT2D eigenvalue weighted by Gasteiger charge is -2.20. The summed E-state index contributed by atoms with van der Waals surface area (Å²) in [6.45, 7) is 1.21. The third-order valence-corrected chi connectivity index (χ3v) is 3.66. The van der Waals surface area contributed by atoms with Crippen molar-refractivity contribution < 1.29 is 14.0 Å². The minimum absolute atomic E-state index is 0.150. The lowest BCUT2D eigenvalue weighted by Crippen LogP contribution is -2.36. The van der Waals surface area contributed by atoms with Gasteiger partial charge in [-0.15, -0.1) is 0 Å². The summed E-state index contributed by atoms with van der Waals surface area (Å²) < 4.78 is 13.7. The maximum Gasteiger partial charge on any atom is 0.244 e. The standard InChI is InChI=1S/C16H14BrFN2O2/c1-11(21)20(13-8-6-12(18)7-9-13)10-16(22)19-15-5-3-2-4-14(15)17/h2-9H,10H2,1H3,(H,19,22). The highest BCUT2D eigenvalue weighted by molar-refractivity contribution is 9.10. The van der Waals surface area contributed by atoms with E-state index in [0.717, 1.165) is 4.47 Å². The van der Waals surface area contributed by atoms with Crippen LogP contribution in [0, 0.1) is 5.82 Å². The van der Waals surface area contributed by atoms with Crippen molar-refractivity contribution in [1.82, 2.24) is 0 Å². The third-order valence-electron chi connectivity index (χ3n) is 2.97. The van der Waals surface area contributed by atoms with E-state index in [1.807, 2.05) is 6.07 Å². The predicted molar refractivity (Wildman–Crippen MR) is 87.2 cm³/mol. The van der Waals surface area contributed by atoms with Crippen LogP contribution in [0.4, 0.5) is 15.8 Å². The number of nitrogens with zero attached hydrogens (tertiary/aromatic N) is 1. The number of carbonyl (C=O) groups is 2. The fraction of sp³-hybridized carbons (Fsp3) is 0.125. The molecule has 0 bridgehead atoms. The molecular formula is C16H14BrFN2O2. The molecule has 0 spiro atoms. The first kappa shape index (κ1) is 16.2. The molecule has 6 heteroatoms. The van der Waals surface area contributed by atoms with Crippen LogP contribution in [0.5, 0.6) is 0 Å². The zero-order valence-electron chi connectivity index (χ0n) is 11.8. The van der Waals surface area contributed by atoms with Gasteiger partial charge >= 0.3 is 0 Å². The molecule has 114 valence electrons. The van der Waals surface area contributed by atoms with Crippen LogP contribution in [-0.2, 0) is 9.59 Å². The molecule has 2 rings (SSSR count). The van der Waals surface area contributed by atoms with E-state index in [-0.39, 0.29) is 18.4 Å². The average Bonchev–Trinajstić information content (AvgIpc) is 2.48. The van der Waals surface area contributed by atoms with Crippen LogP contribution in [0.25, 0.3) is 0 Å². The molecule has 2 amide bonds. The maximum atomic E-state index is 13.0. The van der Waals surface area contributed by atoms with Crippen LogP contribution in [0.3, 0.4) is 0 Å². The summed E-state index contributed by atoms with van der Waals surface area (Å²) in [5.41, 5.74) is 1.09. The lowest BCUT2D eigenvalue weighted by atomic mass is 10.2. The summed E-state index contributed by atoms with van der Waals surface area (Å²) in [5.74, 6) is -1.04. The molecule has 1 N–H and O–H groups in total. The van der Waals surface area contributed by atoms with Crippen molar-refractivity contribution in [1.29, 1.82) is 0 Å². The Morgan fingerprint density at radius 3 is 2.36 bits per heavy atom. The van der Waals surface area contributed by atoms with E-state index in [4.69, 9.17) is 0 Å². The zero-order valence-corrected chi connectivity index (χ0v) is 13.4. The molecular weight excluding hydrogens is 351 g/mol. The van der Waals surface area contributed by atoms with Crippen LogP contribution in [0.2, 0.25) is 0 Å². The summed E-state index contributed by atoms with van der Waals surface area (Å²) in [6, 6.07) is 12.6. The van der Waals surface area contributed by atoms with E-state index in [1.165, 1.54) is 36.1 Å². The average molecular weight is 365 g/mol. The zero-order chi connectivity index (χ0) is 16.1. The Kier molecular flexibility index (Phi) is 5.27. The maximum absolute atomic E-state index is 13.0. The van der Waals surface area contributed by atoms with Gasteiger partial charge < -0.3 is 10.2 Å². The van der Waals surface area contributed by atoms with Crippen molar-refractivity contribution in [3.8, 4) is 0 Å². The molecule has 0 radical (unpaired) electrons. The first-order valence-electron chi connectivity index (χ1n) is 6.55. The number of benzene rings is 2. The highest BCUT2D eigenvalue weighted by Gasteiger charge is 2.16. The van der Waals surface area contributed by atoms with E-state index in [9.17, 15) is 14.0 Å². The van der Waals surface area contributed by atoms with Gasteiger partial charge in [0, 0.05) is 17.1 Å². The highest BCUT2D eigenvalue weighted by atomic mass is 79.9. The Balaban J connectivity index is 2.11. The lowest BCUT2D eigenvalue weighted by molar-refractivity contribution is -0.120. The molecule has 0 aliphatic heterocycles. The molecule has 0 heterocycles. The van der Waals surface area contributed by atoms with Gasteiger partial charge in [0.05, 0.1) is 5.69 Å². The van der Waals surface area contributed by atoms with Crippen LogP contribution < -0.4 is 10.2 Å². The molecule has 0 saturated carbocycles. The highest BCUT2D eigenvalue weighted by Crippen LogP contribution is 2.21. The molecule has 2 aromatic rings. The van der Waals surface area contributed by atoms with Gasteiger partial charge in [0.1, 0.15) is 12.4 Å². The van der Waals surface area contributed by atoms with Crippen LogP contribution >= 0.6 is 15.9 Å². The monoisotopic (exact) mass is 364 g/mol. The Bertz CT molecular complexity index is 689. The van der Waals surface area contributed by atoms with Crippen molar-refractivity contribution in [2.75, 3.05) is 16.8 Å². The topological polar surface area (TPSA) is 49.4 Å². The van der Waals surface area contributed by atoms with E-state index < -0.39 is 5.82 Å². The van der Waals surface area contributed by atoms with Gasteiger partial charge in [-0.2, -0.15) is 0 Å². The first-order chi connectivity index (χ1) is 10.5. The number of nitrogens with one attached hydrogen (secondary N) is 1. The summed E-state index contributed by atoms with van der Waals surface area (Å²) in [5, 5.41) is 2.72. The van der Waals surface area contributed by atoms with E-state index >= 15 is 0 Å². The first-order valence-corrected chi connectivity index (χ1v) is 7.34. The Labute approximate surface area is 136 Å². The number of para-hydroxylation sites is 1. The van der Waals surface area contributed by atoms with Gasteiger partial charge in [-0.05, 0) is 52.3 Å². The van der Waals surface area contributed by atoms with Gasteiger partial charge in [-0.1, -0.05) is 12.1 Å². The fourth-order valence-electron chi connectivity index (χ4n) is 1.90. The largest absolute Gasteiger partial charge is 0.324 e. The van der Waals surface area contributed by atoms with E-state index in [2.05, 4.69) is 21.2 Å². The number of amides is 2. The number of halogens is 2. The van der Waals surface area contributed by atoms with Crippen LogP contribution in [0.15, 0.2) is 53.0 Å². The minimum Gasteiger partial charge on any atom is -0.324 e. The molecule has 0 fully saturated rings. The van der Waals surface area contributed by atoms with Crippen molar-refractivity contribution in [2.45, 2.75) is 6.92 Å². The van der Waals surface area contributed by atoms with Crippen LogP contribution in [0.1, 0.15) is 6.92 Å². The molecule has 4 nitrogen and oxygen atoms in total. The molecule has 0 aliphatic carbocycles. The van der Waals surface area contributed by atoms with Gasteiger partial charge in [-0.25, -0.2) is 4.39 Å². The fourth-order valence-corrected chi connectivity index (χ4v) is 2.29. The molecule has 22 heavy (non-hydrogen) atoms. The molecule has 0 aliphatic rings. The molecule has 2 aromatic carbocycles.